The van der Waals surface area contributed by atoms with Gasteiger partial charge in [0.1, 0.15) is 0 Å². The van der Waals surface area contributed by atoms with Crippen LogP contribution in [0.1, 0.15) is 31.9 Å². The smallest absolute Gasteiger partial charge is 0.160 e. The summed E-state index contributed by atoms with van der Waals surface area (Å²) >= 11 is 0. The van der Waals surface area contributed by atoms with Gasteiger partial charge in [-0.1, -0.05) is 13.0 Å². The fraction of sp³-hybridized carbons (Fsp3) is 0.538. The summed E-state index contributed by atoms with van der Waals surface area (Å²) in [4.78, 5) is 0. The van der Waals surface area contributed by atoms with Gasteiger partial charge < -0.3 is 15.2 Å². The third-order valence-electron chi connectivity index (χ3n) is 3.28. The first-order chi connectivity index (χ1) is 7.61. The highest BCUT2D eigenvalue weighted by molar-refractivity contribution is 5.42. The van der Waals surface area contributed by atoms with E-state index >= 15 is 0 Å². The number of hydrogen-bond acceptors (Lipinski definition) is 3. The van der Waals surface area contributed by atoms with Crippen molar-refractivity contribution in [1.82, 2.24) is 5.32 Å². The lowest BCUT2D eigenvalue weighted by atomic mass is 10.1. The van der Waals surface area contributed by atoms with E-state index < -0.39 is 0 Å². The number of aromatic hydroxyl groups is 1. The first kappa shape index (κ1) is 11.3. The van der Waals surface area contributed by atoms with Gasteiger partial charge >= 0.3 is 0 Å². The molecule has 0 bridgehead atoms. The van der Waals surface area contributed by atoms with Crippen molar-refractivity contribution in [1.29, 1.82) is 0 Å². The molecule has 0 heterocycles. The van der Waals surface area contributed by atoms with E-state index in [9.17, 15) is 5.11 Å². The summed E-state index contributed by atoms with van der Waals surface area (Å²) in [5.74, 6) is 1.52. The van der Waals surface area contributed by atoms with Crippen molar-refractivity contribution in [3.63, 3.8) is 0 Å². The Labute approximate surface area is 96.4 Å². The molecule has 16 heavy (non-hydrogen) atoms. The van der Waals surface area contributed by atoms with Gasteiger partial charge in [-0.05, 0) is 37.0 Å². The molecule has 3 atom stereocenters. The number of benzene rings is 1. The molecule has 1 aliphatic carbocycles. The fourth-order valence-electron chi connectivity index (χ4n) is 1.94. The quantitative estimate of drug-likeness (QED) is 0.820. The second-order valence-electron chi connectivity index (χ2n) is 4.64. The van der Waals surface area contributed by atoms with E-state index in [4.69, 9.17) is 4.74 Å². The molecule has 1 aromatic carbocycles. The summed E-state index contributed by atoms with van der Waals surface area (Å²) < 4.78 is 5.10. The number of methoxy groups -OCH3 is 1. The topological polar surface area (TPSA) is 41.5 Å². The number of phenols is 1. The highest BCUT2D eigenvalue weighted by Crippen LogP contribution is 2.33. The predicted molar refractivity (Wildman–Crippen MR) is 63.8 cm³/mol. The van der Waals surface area contributed by atoms with Crippen molar-refractivity contribution in [2.75, 3.05) is 7.11 Å². The summed E-state index contributed by atoms with van der Waals surface area (Å²) in [6.45, 7) is 4.39. The SMILES string of the molecule is COc1cc(C(C)NC2CC2C)ccc1O. The molecule has 2 rings (SSSR count). The van der Waals surface area contributed by atoms with Crippen LogP contribution in [0.15, 0.2) is 18.2 Å². The summed E-state index contributed by atoms with van der Waals surface area (Å²) in [6.07, 6.45) is 1.26. The number of hydrogen-bond donors (Lipinski definition) is 2. The fourth-order valence-corrected chi connectivity index (χ4v) is 1.94. The van der Waals surface area contributed by atoms with Crippen LogP contribution in [0.2, 0.25) is 0 Å². The molecule has 0 aliphatic heterocycles. The molecule has 2 N–H and O–H groups in total. The van der Waals surface area contributed by atoms with Crippen LogP contribution in [-0.4, -0.2) is 18.3 Å². The Hall–Kier alpha value is -1.22. The average Bonchev–Trinajstić information content (AvgIpc) is 2.94. The van der Waals surface area contributed by atoms with Crippen LogP contribution in [0.3, 0.4) is 0 Å². The average molecular weight is 221 g/mol. The minimum absolute atomic E-state index is 0.193. The largest absolute Gasteiger partial charge is 0.504 e. The van der Waals surface area contributed by atoms with E-state index in [0.29, 0.717) is 17.8 Å². The maximum atomic E-state index is 9.51. The van der Waals surface area contributed by atoms with Crippen molar-refractivity contribution < 1.29 is 9.84 Å². The van der Waals surface area contributed by atoms with E-state index in [1.807, 2.05) is 12.1 Å². The molecule has 3 heteroatoms. The van der Waals surface area contributed by atoms with Crippen molar-refractivity contribution in [2.24, 2.45) is 5.92 Å². The molecule has 0 amide bonds. The molecule has 1 saturated carbocycles. The normalized spacial score (nSPS) is 25.2. The maximum Gasteiger partial charge on any atom is 0.160 e. The van der Waals surface area contributed by atoms with Gasteiger partial charge in [0.2, 0.25) is 0 Å². The molecule has 0 aromatic heterocycles. The van der Waals surface area contributed by atoms with Crippen LogP contribution in [0, 0.1) is 5.92 Å². The third-order valence-corrected chi connectivity index (χ3v) is 3.28. The Morgan fingerprint density at radius 2 is 2.19 bits per heavy atom. The summed E-state index contributed by atoms with van der Waals surface area (Å²) in [5.41, 5.74) is 1.15. The van der Waals surface area contributed by atoms with Gasteiger partial charge in [0.25, 0.3) is 0 Å². The van der Waals surface area contributed by atoms with Gasteiger partial charge in [-0.3, -0.25) is 0 Å². The Balaban J connectivity index is 2.07. The zero-order chi connectivity index (χ0) is 11.7. The number of phenolic OH excluding ortho intramolecular Hbond substituents is 1. The van der Waals surface area contributed by atoms with E-state index in [1.165, 1.54) is 6.42 Å². The van der Waals surface area contributed by atoms with Gasteiger partial charge in [-0.2, -0.15) is 0 Å². The first-order valence-electron chi connectivity index (χ1n) is 5.74. The molecule has 3 unspecified atom stereocenters. The van der Waals surface area contributed by atoms with Crippen LogP contribution in [0.5, 0.6) is 11.5 Å². The zero-order valence-electron chi connectivity index (χ0n) is 10.0. The van der Waals surface area contributed by atoms with Crippen LogP contribution < -0.4 is 10.1 Å². The second kappa shape index (κ2) is 4.34. The molecule has 1 fully saturated rings. The molecule has 1 aliphatic rings. The van der Waals surface area contributed by atoms with E-state index in [0.717, 1.165) is 11.5 Å². The highest BCUT2D eigenvalue weighted by Gasteiger charge is 2.33. The molecule has 1 aromatic rings. The van der Waals surface area contributed by atoms with Crippen molar-refractivity contribution >= 4 is 0 Å². The molecular weight excluding hydrogens is 202 g/mol. The summed E-state index contributed by atoms with van der Waals surface area (Å²) in [7, 11) is 1.57. The molecule has 0 saturated heterocycles. The number of rotatable bonds is 4. The standard InChI is InChI=1S/C13H19NO2/c1-8-6-11(8)14-9(2)10-4-5-12(15)13(7-10)16-3/h4-5,7-9,11,14-15H,6H2,1-3H3. The number of ether oxygens (including phenoxy) is 1. The molecule has 3 nitrogen and oxygen atoms in total. The van der Waals surface area contributed by atoms with Gasteiger partial charge in [0, 0.05) is 12.1 Å². The predicted octanol–water partition coefficient (Wildman–Crippen LogP) is 2.46. The van der Waals surface area contributed by atoms with Crippen molar-refractivity contribution in [3.8, 4) is 11.5 Å². The van der Waals surface area contributed by atoms with Crippen LogP contribution in [0.25, 0.3) is 0 Å². The maximum absolute atomic E-state index is 9.51. The molecule has 0 radical (unpaired) electrons. The summed E-state index contributed by atoms with van der Waals surface area (Å²) in [6, 6.07) is 6.45. The van der Waals surface area contributed by atoms with Crippen LogP contribution in [-0.2, 0) is 0 Å². The summed E-state index contributed by atoms with van der Waals surface area (Å²) in [5, 5.41) is 13.1. The Morgan fingerprint density at radius 3 is 2.75 bits per heavy atom. The number of nitrogens with one attached hydrogen (secondary N) is 1. The third kappa shape index (κ3) is 2.30. The van der Waals surface area contributed by atoms with Gasteiger partial charge in [-0.25, -0.2) is 0 Å². The Bertz CT molecular complexity index is 378. The van der Waals surface area contributed by atoms with E-state index in [-0.39, 0.29) is 5.75 Å². The zero-order valence-corrected chi connectivity index (χ0v) is 10.0. The second-order valence-corrected chi connectivity index (χ2v) is 4.64. The minimum Gasteiger partial charge on any atom is -0.504 e. The van der Waals surface area contributed by atoms with Gasteiger partial charge in [0.05, 0.1) is 7.11 Å². The van der Waals surface area contributed by atoms with Crippen LogP contribution >= 0.6 is 0 Å². The molecule has 0 spiro atoms. The minimum atomic E-state index is 0.193. The van der Waals surface area contributed by atoms with Crippen LogP contribution in [0.4, 0.5) is 0 Å². The first-order valence-corrected chi connectivity index (χ1v) is 5.74. The van der Waals surface area contributed by atoms with E-state index in [2.05, 4.69) is 19.2 Å². The Morgan fingerprint density at radius 1 is 1.50 bits per heavy atom. The Kier molecular flexibility index (Phi) is 3.06. The molecular formula is C13H19NO2. The van der Waals surface area contributed by atoms with Crippen molar-refractivity contribution in [3.05, 3.63) is 23.8 Å². The van der Waals surface area contributed by atoms with Crippen molar-refractivity contribution in [2.45, 2.75) is 32.4 Å². The lowest BCUT2D eigenvalue weighted by molar-refractivity contribution is 0.372. The lowest BCUT2D eigenvalue weighted by Gasteiger charge is -2.15. The molecule has 88 valence electrons. The van der Waals surface area contributed by atoms with Gasteiger partial charge in [0.15, 0.2) is 11.5 Å². The monoisotopic (exact) mass is 221 g/mol. The highest BCUT2D eigenvalue weighted by atomic mass is 16.5. The van der Waals surface area contributed by atoms with Gasteiger partial charge in [-0.15, -0.1) is 0 Å². The lowest BCUT2D eigenvalue weighted by Crippen LogP contribution is -2.21. The van der Waals surface area contributed by atoms with E-state index in [1.54, 1.807) is 13.2 Å².